The van der Waals surface area contributed by atoms with E-state index in [1.165, 1.54) is 11.1 Å². The molecule has 0 aromatic heterocycles. The molecule has 39 heavy (non-hydrogen) atoms. The number of nitrogens with one attached hydrogen (secondary N) is 1. The van der Waals surface area contributed by atoms with Gasteiger partial charge in [-0.15, -0.1) is 0 Å². The van der Waals surface area contributed by atoms with Gasteiger partial charge in [-0.3, -0.25) is 15.0 Å². The number of thiocarbonyl (C=S) groups is 1. The summed E-state index contributed by atoms with van der Waals surface area (Å²) < 4.78 is 13.0. The molecular formula is C29H26BrClN2O4S2. The van der Waals surface area contributed by atoms with Crippen LogP contribution in [0, 0.1) is 20.8 Å². The highest BCUT2D eigenvalue weighted by Crippen LogP contribution is 2.40. The van der Waals surface area contributed by atoms with Gasteiger partial charge in [-0.05, 0) is 114 Å². The number of hydrogen-bond donors (Lipinski definition) is 1. The van der Waals surface area contributed by atoms with Crippen LogP contribution >= 0.6 is 51.5 Å². The van der Waals surface area contributed by atoms with Crippen LogP contribution in [0.1, 0.15) is 45.1 Å². The van der Waals surface area contributed by atoms with Crippen molar-refractivity contribution in [3.63, 3.8) is 0 Å². The summed E-state index contributed by atoms with van der Waals surface area (Å²) in [5.74, 6) is 0.151. The number of aryl methyl sites for hydroxylation is 3. The molecule has 1 heterocycles. The quantitative estimate of drug-likeness (QED) is 0.202. The van der Waals surface area contributed by atoms with Crippen LogP contribution in [0.15, 0.2) is 57.9 Å². The molecule has 4 rings (SSSR count). The summed E-state index contributed by atoms with van der Waals surface area (Å²) in [7, 11) is 0. The van der Waals surface area contributed by atoms with E-state index in [4.69, 9.17) is 33.3 Å². The van der Waals surface area contributed by atoms with Crippen LogP contribution in [0.2, 0.25) is 5.02 Å². The van der Waals surface area contributed by atoms with E-state index in [1.54, 1.807) is 30.3 Å². The van der Waals surface area contributed by atoms with E-state index in [2.05, 4.69) is 54.3 Å². The van der Waals surface area contributed by atoms with E-state index in [0.29, 0.717) is 39.7 Å². The largest absolute Gasteiger partial charge is 0.490 e. The average molecular weight is 646 g/mol. The molecule has 1 saturated heterocycles. The van der Waals surface area contributed by atoms with Crippen LogP contribution in [0.25, 0.3) is 6.08 Å². The van der Waals surface area contributed by atoms with Gasteiger partial charge >= 0.3 is 0 Å². The van der Waals surface area contributed by atoms with E-state index in [-0.39, 0.29) is 14.9 Å². The summed E-state index contributed by atoms with van der Waals surface area (Å²) in [5.41, 5.74) is 8.21. The average Bonchev–Trinajstić information content (AvgIpc) is 3.14. The number of hydrazine groups is 1. The third-order valence-corrected chi connectivity index (χ3v) is 8.30. The van der Waals surface area contributed by atoms with E-state index in [0.717, 1.165) is 27.9 Å². The molecule has 3 aromatic rings. The Balaban J connectivity index is 1.55. The number of thioether (sulfide) groups is 1. The van der Waals surface area contributed by atoms with Gasteiger partial charge in [0.25, 0.3) is 11.8 Å². The maximum atomic E-state index is 13.1. The number of carbonyl (C=O) groups is 2. The zero-order chi connectivity index (χ0) is 28.3. The number of carbonyl (C=O) groups excluding carboxylic acids is 2. The van der Waals surface area contributed by atoms with Gasteiger partial charge in [-0.2, -0.15) is 5.01 Å². The van der Waals surface area contributed by atoms with Gasteiger partial charge in [0.1, 0.15) is 6.61 Å². The highest BCUT2D eigenvalue weighted by molar-refractivity contribution is 9.10. The Kier molecular flexibility index (Phi) is 9.38. The zero-order valence-corrected chi connectivity index (χ0v) is 25.7. The molecule has 0 unspecified atom stereocenters. The van der Waals surface area contributed by atoms with Gasteiger partial charge in [-0.1, -0.05) is 47.6 Å². The van der Waals surface area contributed by atoms with Crippen LogP contribution < -0.4 is 14.9 Å². The summed E-state index contributed by atoms with van der Waals surface area (Å²) in [5, 5.41) is 1.33. The van der Waals surface area contributed by atoms with Crippen molar-refractivity contribution in [2.24, 2.45) is 0 Å². The summed E-state index contributed by atoms with van der Waals surface area (Å²) >= 11 is 16.2. The number of nitrogens with zero attached hydrogens (tertiary/aromatic N) is 1. The van der Waals surface area contributed by atoms with Crippen molar-refractivity contribution in [1.29, 1.82) is 0 Å². The van der Waals surface area contributed by atoms with Gasteiger partial charge < -0.3 is 9.47 Å². The molecule has 1 aliphatic heterocycles. The predicted molar refractivity (Wildman–Crippen MR) is 164 cm³/mol. The molecule has 1 N–H and O–H groups in total. The zero-order valence-electron chi connectivity index (χ0n) is 21.8. The van der Waals surface area contributed by atoms with E-state index in [1.807, 2.05) is 19.1 Å². The minimum Gasteiger partial charge on any atom is -0.490 e. The molecule has 0 bridgehead atoms. The first-order valence-electron chi connectivity index (χ1n) is 12.1. The lowest BCUT2D eigenvalue weighted by Crippen LogP contribution is -2.44. The predicted octanol–water partition coefficient (Wildman–Crippen LogP) is 7.55. The molecule has 6 nitrogen and oxygen atoms in total. The SMILES string of the molecule is CCOc1cc(/C=C2/SC(=S)N(NC(=O)c3ccccc3Cl)C2=O)cc(Br)c1OCc1cc(C)c(C)cc1C. The molecule has 1 aliphatic rings. The van der Waals surface area contributed by atoms with Crippen molar-refractivity contribution in [3.05, 3.63) is 96.3 Å². The lowest BCUT2D eigenvalue weighted by molar-refractivity contribution is -0.123. The van der Waals surface area contributed by atoms with Crippen molar-refractivity contribution >= 4 is 73.7 Å². The standard InChI is InChI=1S/C29H26BrClN2O4S2/c1-5-36-24-13-19(12-22(30)26(24)37-15-20-11-17(3)16(2)10-18(20)4)14-25-28(35)33(29(38)39-25)32-27(34)21-8-6-7-9-23(21)31/h6-14H,5,15H2,1-4H3,(H,32,34)/b25-14+. The molecule has 2 amide bonds. The Morgan fingerprint density at radius 3 is 2.54 bits per heavy atom. The second kappa shape index (κ2) is 12.6. The third kappa shape index (κ3) is 6.66. The molecule has 0 saturated carbocycles. The minimum absolute atomic E-state index is 0.208. The smallest absolute Gasteiger partial charge is 0.285 e. The monoisotopic (exact) mass is 644 g/mol. The fourth-order valence-electron chi connectivity index (χ4n) is 3.92. The minimum atomic E-state index is -0.528. The van der Waals surface area contributed by atoms with E-state index < -0.39 is 11.8 Å². The van der Waals surface area contributed by atoms with Crippen LogP contribution in [-0.2, 0) is 11.4 Å². The molecular weight excluding hydrogens is 620 g/mol. The van der Waals surface area contributed by atoms with Crippen molar-refractivity contribution < 1.29 is 19.1 Å². The Labute approximate surface area is 250 Å². The van der Waals surface area contributed by atoms with Crippen LogP contribution in [0.4, 0.5) is 0 Å². The van der Waals surface area contributed by atoms with Crippen molar-refractivity contribution in [2.45, 2.75) is 34.3 Å². The lowest BCUT2D eigenvalue weighted by Gasteiger charge is -2.17. The highest BCUT2D eigenvalue weighted by atomic mass is 79.9. The van der Waals surface area contributed by atoms with E-state index >= 15 is 0 Å². The lowest BCUT2D eigenvalue weighted by atomic mass is 10.0. The molecule has 0 aliphatic carbocycles. The molecule has 1 fully saturated rings. The van der Waals surface area contributed by atoms with Gasteiger partial charge in [0.15, 0.2) is 15.8 Å². The fraction of sp³-hybridized carbons (Fsp3) is 0.207. The van der Waals surface area contributed by atoms with Crippen molar-refractivity contribution in [3.8, 4) is 11.5 Å². The Morgan fingerprint density at radius 2 is 1.82 bits per heavy atom. The maximum absolute atomic E-state index is 13.1. The summed E-state index contributed by atoms with van der Waals surface area (Å²) in [6.45, 7) is 8.96. The fourth-order valence-corrected chi connectivity index (χ4v) is 5.90. The Hall–Kier alpha value is -2.85. The number of benzene rings is 3. The molecule has 0 radical (unpaired) electrons. The molecule has 3 aromatic carbocycles. The van der Waals surface area contributed by atoms with Gasteiger partial charge in [-0.25, -0.2) is 0 Å². The van der Waals surface area contributed by atoms with Gasteiger partial charge in [0.05, 0.1) is 26.6 Å². The normalized spacial score (nSPS) is 14.2. The van der Waals surface area contributed by atoms with Crippen molar-refractivity contribution in [2.75, 3.05) is 6.61 Å². The topological polar surface area (TPSA) is 67.9 Å². The summed E-state index contributed by atoms with van der Waals surface area (Å²) in [6, 6.07) is 14.5. The molecule has 202 valence electrons. The van der Waals surface area contributed by atoms with E-state index in [9.17, 15) is 9.59 Å². The number of ether oxygens (including phenoxy) is 2. The number of hydrogen-bond acceptors (Lipinski definition) is 6. The maximum Gasteiger partial charge on any atom is 0.285 e. The van der Waals surface area contributed by atoms with Gasteiger partial charge in [0, 0.05) is 0 Å². The molecule has 0 atom stereocenters. The third-order valence-electron chi connectivity index (χ3n) is 6.08. The summed E-state index contributed by atoms with van der Waals surface area (Å²) in [6.07, 6.45) is 1.70. The number of amides is 2. The number of rotatable bonds is 8. The van der Waals surface area contributed by atoms with Gasteiger partial charge in [0.2, 0.25) is 0 Å². The highest BCUT2D eigenvalue weighted by Gasteiger charge is 2.34. The summed E-state index contributed by atoms with van der Waals surface area (Å²) in [4.78, 5) is 26.1. The first-order valence-corrected chi connectivity index (χ1v) is 14.5. The number of halogens is 2. The van der Waals surface area contributed by atoms with Crippen molar-refractivity contribution in [1.82, 2.24) is 10.4 Å². The first-order chi connectivity index (χ1) is 18.6. The second-order valence-electron chi connectivity index (χ2n) is 8.85. The van der Waals surface area contributed by atoms with Crippen LogP contribution in [0.3, 0.4) is 0 Å². The molecule has 10 heteroatoms. The Bertz CT molecular complexity index is 1510. The second-order valence-corrected chi connectivity index (χ2v) is 11.8. The first kappa shape index (κ1) is 29.1. The molecule has 0 spiro atoms. The van der Waals surface area contributed by atoms with Crippen LogP contribution in [-0.4, -0.2) is 27.8 Å². The Morgan fingerprint density at radius 1 is 1.10 bits per heavy atom. The van der Waals surface area contributed by atoms with Crippen LogP contribution in [0.5, 0.6) is 11.5 Å².